The normalized spacial score (nSPS) is 20.0. The molecule has 0 aromatic carbocycles. The number of hydrogen-bond donors (Lipinski definition) is 1. The number of nitrogens with zero attached hydrogens (tertiary/aromatic N) is 1. The van der Waals surface area contributed by atoms with Crippen molar-refractivity contribution in [2.45, 2.75) is 96.9 Å². The molecular formula is C20H38N2O2. The van der Waals surface area contributed by atoms with E-state index in [0.717, 1.165) is 32.2 Å². The Labute approximate surface area is 148 Å². The highest BCUT2D eigenvalue weighted by atomic mass is 16.1. The summed E-state index contributed by atoms with van der Waals surface area (Å²) in [6.07, 6.45) is 14.0. The van der Waals surface area contributed by atoms with Crippen molar-refractivity contribution in [3.63, 3.8) is 0 Å². The van der Waals surface area contributed by atoms with Crippen LogP contribution in [0.25, 0.3) is 0 Å². The quantitative estimate of drug-likeness (QED) is 0.515. The van der Waals surface area contributed by atoms with Crippen LogP contribution in [0, 0.1) is 5.92 Å². The second kappa shape index (κ2) is 12.5. The summed E-state index contributed by atoms with van der Waals surface area (Å²) in [5.41, 5.74) is 5.42. The lowest BCUT2D eigenvalue weighted by Crippen LogP contribution is -2.47. The van der Waals surface area contributed by atoms with Gasteiger partial charge >= 0.3 is 0 Å². The Hall–Kier alpha value is -0.900. The molecule has 0 aromatic rings. The summed E-state index contributed by atoms with van der Waals surface area (Å²) >= 11 is 0. The molecule has 1 saturated heterocycles. The van der Waals surface area contributed by atoms with Crippen LogP contribution >= 0.6 is 0 Å². The van der Waals surface area contributed by atoms with Crippen molar-refractivity contribution in [3.8, 4) is 0 Å². The Morgan fingerprint density at radius 3 is 2.21 bits per heavy atom. The molecule has 2 N–H and O–H groups in total. The maximum absolute atomic E-state index is 12.4. The van der Waals surface area contributed by atoms with E-state index in [1.54, 1.807) is 0 Å². The lowest BCUT2D eigenvalue weighted by molar-refractivity contribution is -0.128. The number of ketones is 1. The molecule has 1 rings (SSSR count). The van der Waals surface area contributed by atoms with Gasteiger partial charge < -0.3 is 5.73 Å². The molecule has 0 radical (unpaired) electrons. The monoisotopic (exact) mass is 338 g/mol. The fourth-order valence-electron chi connectivity index (χ4n) is 3.61. The fourth-order valence-corrected chi connectivity index (χ4v) is 3.61. The number of carbonyl (C=O) groups excluding carboxylic acids is 2. The van der Waals surface area contributed by atoms with Crippen molar-refractivity contribution < 1.29 is 9.59 Å². The molecule has 0 aliphatic carbocycles. The zero-order valence-electron chi connectivity index (χ0n) is 15.9. The molecule has 4 heteroatoms. The molecule has 24 heavy (non-hydrogen) atoms. The maximum Gasteiger partial charge on any atom is 0.221 e. The van der Waals surface area contributed by atoms with Gasteiger partial charge in [0.2, 0.25) is 5.91 Å². The Morgan fingerprint density at radius 2 is 1.62 bits per heavy atom. The molecule has 1 aliphatic rings. The Bertz CT molecular complexity index is 371. The highest BCUT2D eigenvalue weighted by molar-refractivity contribution is 5.83. The van der Waals surface area contributed by atoms with Crippen LogP contribution in [-0.2, 0) is 9.59 Å². The third-order valence-electron chi connectivity index (χ3n) is 5.40. The molecule has 0 saturated carbocycles. The first-order chi connectivity index (χ1) is 11.6. The maximum atomic E-state index is 12.4. The predicted octanol–water partition coefficient (Wildman–Crippen LogP) is 4.06. The number of Topliss-reactive ketones (excluding diaryl/α,β-unsaturated/α-hetero) is 1. The van der Waals surface area contributed by atoms with Gasteiger partial charge in [-0.25, -0.2) is 0 Å². The smallest absolute Gasteiger partial charge is 0.221 e. The zero-order valence-corrected chi connectivity index (χ0v) is 15.9. The lowest BCUT2D eigenvalue weighted by atomic mass is 9.95. The summed E-state index contributed by atoms with van der Waals surface area (Å²) in [5, 5.41) is 0. The van der Waals surface area contributed by atoms with Gasteiger partial charge in [-0.1, -0.05) is 58.3 Å². The zero-order chi connectivity index (χ0) is 17.8. The van der Waals surface area contributed by atoms with E-state index < -0.39 is 0 Å². The number of carbonyl (C=O) groups is 2. The average Bonchev–Trinajstić information content (AvgIpc) is 2.59. The van der Waals surface area contributed by atoms with E-state index in [0.29, 0.717) is 18.7 Å². The van der Waals surface area contributed by atoms with Gasteiger partial charge in [-0.3, -0.25) is 14.5 Å². The molecule has 1 amide bonds. The van der Waals surface area contributed by atoms with Crippen molar-refractivity contribution >= 4 is 11.7 Å². The number of rotatable bonds is 13. The Morgan fingerprint density at radius 1 is 1.04 bits per heavy atom. The summed E-state index contributed by atoms with van der Waals surface area (Å²) in [4.78, 5) is 25.9. The minimum absolute atomic E-state index is 0.0683. The van der Waals surface area contributed by atoms with Gasteiger partial charge in [-0.15, -0.1) is 0 Å². The van der Waals surface area contributed by atoms with Crippen LogP contribution in [0.5, 0.6) is 0 Å². The summed E-state index contributed by atoms with van der Waals surface area (Å²) in [5.74, 6) is 0.0167. The molecule has 140 valence electrons. The third-order valence-corrected chi connectivity index (χ3v) is 5.40. The number of primary amides is 1. The van der Waals surface area contributed by atoms with Gasteiger partial charge in [0.25, 0.3) is 0 Å². The summed E-state index contributed by atoms with van der Waals surface area (Å²) in [6, 6.07) is -0.0683. The van der Waals surface area contributed by atoms with Crippen molar-refractivity contribution in [3.05, 3.63) is 0 Å². The van der Waals surface area contributed by atoms with Crippen molar-refractivity contribution in [2.24, 2.45) is 11.7 Å². The largest absolute Gasteiger partial charge is 0.369 e. The van der Waals surface area contributed by atoms with E-state index in [4.69, 9.17) is 5.73 Å². The molecule has 4 nitrogen and oxygen atoms in total. The van der Waals surface area contributed by atoms with Gasteiger partial charge in [-0.05, 0) is 32.7 Å². The number of unbranched alkanes of at least 4 members (excludes halogenated alkanes) is 8. The standard InChI is InChI=1S/C20H38N2O2/c1-3-4-5-6-7-8-9-10-11-14-19(23)17(2)22-15-12-13-18(16-22)20(21)24/h17-18H,3-16H2,1-2H3,(H2,21,24). The number of piperidine rings is 1. The molecule has 0 spiro atoms. The number of likely N-dealkylation sites (tertiary alicyclic amines) is 1. The van der Waals surface area contributed by atoms with Crippen LogP contribution in [0.2, 0.25) is 0 Å². The van der Waals surface area contributed by atoms with Gasteiger partial charge in [0.15, 0.2) is 0 Å². The van der Waals surface area contributed by atoms with Crippen LogP contribution in [0.15, 0.2) is 0 Å². The van der Waals surface area contributed by atoms with E-state index in [-0.39, 0.29) is 17.9 Å². The lowest BCUT2D eigenvalue weighted by Gasteiger charge is -2.34. The third kappa shape index (κ3) is 8.27. The second-order valence-corrected chi connectivity index (χ2v) is 7.46. The van der Waals surface area contributed by atoms with Gasteiger partial charge in [0.1, 0.15) is 5.78 Å². The van der Waals surface area contributed by atoms with Crippen molar-refractivity contribution in [1.82, 2.24) is 4.90 Å². The van der Waals surface area contributed by atoms with Gasteiger partial charge in [0.05, 0.1) is 12.0 Å². The van der Waals surface area contributed by atoms with Crippen molar-refractivity contribution in [2.75, 3.05) is 13.1 Å². The van der Waals surface area contributed by atoms with Gasteiger partial charge in [0, 0.05) is 13.0 Å². The fraction of sp³-hybridized carbons (Fsp3) is 0.900. The molecule has 0 bridgehead atoms. The van der Waals surface area contributed by atoms with Crippen LogP contribution in [0.4, 0.5) is 0 Å². The van der Waals surface area contributed by atoms with E-state index in [1.165, 1.54) is 44.9 Å². The Balaban J connectivity index is 2.10. The van der Waals surface area contributed by atoms with Gasteiger partial charge in [-0.2, -0.15) is 0 Å². The number of hydrogen-bond acceptors (Lipinski definition) is 3. The highest BCUT2D eigenvalue weighted by Gasteiger charge is 2.29. The summed E-state index contributed by atoms with van der Waals surface area (Å²) in [7, 11) is 0. The van der Waals surface area contributed by atoms with Crippen LogP contribution < -0.4 is 5.73 Å². The molecule has 1 heterocycles. The minimum Gasteiger partial charge on any atom is -0.369 e. The first-order valence-electron chi connectivity index (χ1n) is 10.1. The molecule has 0 aromatic heterocycles. The SMILES string of the molecule is CCCCCCCCCCCC(=O)C(C)N1CCCC(C(N)=O)C1. The first-order valence-corrected chi connectivity index (χ1v) is 10.1. The van der Waals surface area contributed by atoms with E-state index >= 15 is 0 Å². The summed E-state index contributed by atoms with van der Waals surface area (Å²) in [6.45, 7) is 5.80. The first kappa shape index (κ1) is 21.1. The van der Waals surface area contributed by atoms with E-state index in [2.05, 4.69) is 11.8 Å². The molecule has 2 unspecified atom stereocenters. The van der Waals surface area contributed by atoms with E-state index in [1.807, 2.05) is 6.92 Å². The topological polar surface area (TPSA) is 63.4 Å². The molecule has 2 atom stereocenters. The van der Waals surface area contributed by atoms with Crippen LogP contribution in [-0.4, -0.2) is 35.7 Å². The van der Waals surface area contributed by atoms with E-state index in [9.17, 15) is 9.59 Å². The minimum atomic E-state index is -0.224. The molecular weight excluding hydrogens is 300 g/mol. The van der Waals surface area contributed by atoms with Crippen molar-refractivity contribution in [1.29, 1.82) is 0 Å². The molecule has 1 fully saturated rings. The predicted molar refractivity (Wildman–Crippen MR) is 99.8 cm³/mol. The average molecular weight is 339 g/mol. The Kier molecular flexibility index (Phi) is 11.0. The second-order valence-electron chi connectivity index (χ2n) is 7.46. The highest BCUT2D eigenvalue weighted by Crippen LogP contribution is 2.19. The number of amides is 1. The number of nitrogens with two attached hydrogens (primary N) is 1. The molecule has 1 aliphatic heterocycles. The summed E-state index contributed by atoms with van der Waals surface area (Å²) < 4.78 is 0. The van der Waals surface area contributed by atoms with Crippen LogP contribution in [0.1, 0.15) is 90.9 Å². The van der Waals surface area contributed by atoms with Crippen LogP contribution in [0.3, 0.4) is 0 Å².